The van der Waals surface area contributed by atoms with Crippen LogP contribution in [0.4, 0.5) is 22.4 Å². The minimum Gasteiger partial charge on any atom is -0.444 e. The van der Waals surface area contributed by atoms with Crippen molar-refractivity contribution in [2.45, 2.75) is 71.6 Å². The minimum absolute atomic E-state index is 0.0613. The van der Waals surface area contributed by atoms with Crippen LogP contribution in [0.15, 0.2) is 23.7 Å². The van der Waals surface area contributed by atoms with E-state index >= 15 is 0 Å². The summed E-state index contributed by atoms with van der Waals surface area (Å²) in [5.74, 6) is -2.14. The lowest BCUT2D eigenvalue weighted by Gasteiger charge is -2.32. The third-order valence-electron chi connectivity index (χ3n) is 4.93. The molecule has 0 bridgehead atoms. The molecule has 0 aliphatic carbocycles. The Kier molecular flexibility index (Phi) is 7.26. The SMILES string of the molecule is CC(C)(C)OC(=O)NCC(=Cc1ccc(OC(F)(F)F)c(F)c1)B1OC(C)(C)C(C)(C)O1. The van der Waals surface area contributed by atoms with E-state index in [1.54, 1.807) is 20.8 Å². The van der Waals surface area contributed by atoms with Gasteiger partial charge in [0, 0.05) is 6.54 Å². The van der Waals surface area contributed by atoms with Crippen LogP contribution in [0.25, 0.3) is 6.08 Å². The summed E-state index contributed by atoms with van der Waals surface area (Å²) in [6.07, 6.45) is -4.22. The van der Waals surface area contributed by atoms with Gasteiger partial charge in [-0.2, -0.15) is 0 Å². The zero-order valence-corrected chi connectivity index (χ0v) is 19.1. The van der Waals surface area contributed by atoms with E-state index in [0.29, 0.717) is 5.47 Å². The summed E-state index contributed by atoms with van der Waals surface area (Å²) >= 11 is 0. The molecule has 1 heterocycles. The lowest BCUT2D eigenvalue weighted by molar-refractivity contribution is -0.275. The first-order chi connectivity index (χ1) is 14.4. The number of carbonyl (C=O) groups excluding carboxylic acids is 1. The Labute approximate surface area is 185 Å². The summed E-state index contributed by atoms with van der Waals surface area (Å²) in [5, 5.41) is 2.59. The van der Waals surface area contributed by atoms with Gasteiger partial charge in [0.25, 0.3) is 0 Å². The maximum Gasteiger partial charge on any atom is 0.573 e. The molecule has 0 aromatic heterocycles. The Bertz CT molecular complexity index is 862. The Morgan fingerprint density at radius 2 is 1.69 bits per heavy atom. The minimum atomic E-state index is -5.01. The molecule has 11 heteroatoms. The zero-order valence-electron chi connectivity index (χ0n) is 19.1. The van der Waals surface area contributed by atoms with Crippen molar-refractivity contribution < 1.29 is 41.1 Å². The molecule has 0 spiro atoms. The molecule has 0 radical (unpaired) electrons. The number of ether oxygens (including phenoxy) is 2. The van der Waals surface area contributed by atoms with Crippen molar-refractivity contribution >= 4 is 19.3 Å². The highest BCUT2D eigenvalue weighted by molar-refractivity contribution is 6.56. The van der Waals surface area contributed by atoms with E-state index in [9.17, 15) is 22.4 Å². The third kappa shape index (κ3) is 7.13. The fourth-order valence-electron chi connectivity index (χ4n) is 2.71. The molecule has 1 saturated heterocycles. The molecule has 1 aromatic carbocycles. The van der Waals surface area contributed by atoms with Gasteiger partial charge in [0.05, 0.1) is 11.2 Å². The van der Waals surface area contributed by atoms with Crippen molar-refractivity contribution in [3.05, 3.63) is 35.1 Å². The van der Waals surface area contributed by atoms with E-state index in [1.807, 2.05) is 27.7 Å². The average Bonchev–Trinajstić information content (AvgIpc) is 2.79. The first-order valence-corrected chi connectivity index (χ1v) is 9.97. The molecule has 0 atom stereocenters. The lowest BCUT2D eigenvalue weighted by Crippen LogP contribution is -2.41. The molecule has 1 aliphatic heterocycles. The molecular weight excluding hydrogens is 433 g/mol. The molecule has 1 aliphatic rings. The molecule has 0 saturated carbocycles. The Hall–Kier alpha value is -2.27. The highest BCUT2D eigenvalue weighted by Crippen LogP contribution is 2.39. The Balaban J connectivity index is 2.31. The van der Waals surface area contributed by atoms with Crippen molar-refractivity contribution in [1.82, 2.24) is 5.32 Å². The van der Waals surface area contributed by atoms with Gasteiger partial charge >= 0.3 is 19.6 Å². The van der Waals surface area contributed by atoms with Gasteiger partial charge in [0.2, 0.25) is 0 Å². The van der Waals surface area contributed by atoms with E-state index in [2.05, 4.69) is 10.1 Å². The molecule has 1 amide bonds. The molecule has 0 unspecified atom stereocenters. The Morgan fingerprint density at radius 3 is 2.16 bits per heavy atom. The molecule has 6 nitrogen and oxygen atoms in total. The van der Waals surface area contributed by atoms with Gasteiger partial charge in [-0.05, 0) is 71.6 Å². The van der Waals surface area contributed by atoms with Gasteiger partial charge in [0.1, 0.15) is 5.60 Å². The van der Waals surface area contributed by atoms with Crippen LogP contribution in [0.5, 0.6) is 5.75 Å². The van der Waals surface area contributed by atoms with Crippen molar-refractivity contribution in [2.75, 3.05) is 6.54 Å². The number of alkyl halides is 3. The number of benzene rings is 1. The van der Waals surface area contributed by atoms with Gasteiger partial charge in [-0.1, -0.05) is 12.1 Å². The fraction of sp³-hybridized carbons (Fsp3) is 0.571. The molecule has 2 rings (SSSR count). The van der Waals surface area contributed by atoms with E-state index in [1.165, 1.54) is 12.1 Å². The number of alkyl carbamates (subject to hydrolysis) is 1. The van der Waals surface area contributed by atoms with Crippen molar-refractivity contribution in [3.63, 3.8) is 0 Å². The van der Waals surface area contributed by atoms with Crippen molar-refractivity contribution in [1.29, 1.82) is 0 Å². The summed E-state index contributed by atoms with van der Waals surface area (Å²) < 4.78 is 72.2. The average molecular weight is 461 g/mol. The van der Waals surface area contributed by atoms with E-state index < -0.39 is 47.9 Å². The molecule has 178 valence electrons. The predicted molar refractivity (Wildman–Crippen MR) is 111 cm³/mol. The van der Waals surface area contributed by atoms with Gasteiger partial charge in [-0.25, -0.2) is 9.18 Å². The smallest absolute Gasteiger partial charge is 0.444 e. The second kappa shape index (κ2) is 8.94. The fourth-order valence-corrected chi connectivity index (χ4v) is 2.71. The summed E-state index contributed by atoms with van der Waals surface area (Å²) in [6, 6.07) is 3.01. The lowest BCUT2D eigenvalue weighted by atomic mass is 9.77. The van der Waals surface area contributed by atoms with Gasteiger partial charge in [0.15, 0.2) is 11.6 Å². The summed E-state index contributed by atoms with van der Waals surface area (Å²) in [6.45, 7) is 12.4. The first-order valence-electron chi connectivity index (χ1n) is 9.97. The predicted octanol–water partition coefficient (Wildman–Crippen LogP) is 5.26. The van der Waals surface area contributed by atoms with Crippen LogP contribution in [0, 0.1) is 5.82 Å². The molecule has 1 fully saturated rings. The zero-order chi connectivity index (χ0) is 24.5. The van der Waals surface area contributed by atoms with Gasteiger partial charge < -0.3 is 24.1 Å². The van der Waals surface area contributed by atoms with Crippen molar-refractivity contribution in [2.24, 2.45) is 0 Å². The number of carbonyl (C=O) groups is 1. The standard InChI is InChI=1S/C21H28BF4NO5/c1-18(2,3)30-17(28)27-12-14(22-31-19(4,5)20(6,7)32-22)10-13-8-9-16(15(23)11-13)29-21(24,25)26/h8-11H,12H2,1-7H3,(H,27,28). The van der Waals surface area contributed by atoms with Crippen LogP contribution in [-0.2, 0) is 14.0 Å². The quantitative estimate of drug-likeness (QED) is 0.479. The number of hydrogen-bond donors (Lipinski definition) is 1. The van der Waals surface area contributed by atoms with Crippen molar-refractivity contribution in [3.8, 4) is 5.75 Å². The molecule has 32 heavy (non-hydrogen) atoms. The van der Waals surface area contributed by atoms with Crippen LogP contribution in [0.1, 0.15) is 54.0 Å². The molecule has 1 aromatic rings. The second-order valence-electron chi connectivity index (χ2n) is 9.40. The maximum atomic E-state index is 14.1. The number of rotatable bonds is 5. The maximum absolute atomic E-state index is 14.1. The monoisotopic (exact) mass is 461 g/mol. The van der Waals surface area contributed by atoms with Gasteiger partial charge in [-0.15, -0.1) is 13.2 Å². The third-order valence-corrected chi connectivity index (χ3v) is 4.93. The van der Waals surface area contributed by atoms with Crippen LogP contribution in [-0.4, -0.2) is 42.9 Å². The number of hydrogen-bond acceptors (Lipinski definition) is 5. The van der Waals surface area contributed by atoms with Crippen LogP contribution in [0.3, 0.4) is 0 Å². The van der Waals surface area contributed by atoms with Crippen LogP contribution < -0.4 is 10.1 Å². The summed E-state index contributed by atoms with van der Waals surface area (Å²) in [5.41, 5.74) is -1.43. The summed E-state index contributed by atoms with van der Waals surface area (Å²) in [4.78, 5) is 12.1. The molecular formula is C21H28BF4NO5. The van der Waals surface area contributed by atoms with Gasteiger partial charge in [-0.3, -0.25) is 0 Å². The highest BCUT2D eigenvalue weighted by atomic mass is 19.4. The largest absolute Gasteiger partial charge is 0.573 e. The molecule has 1 N–H and O–H groups in total. The Morgan fingerprint density at radius 1 is 1.12 bits per heavy atom. The van der Waals surface area contributed by atoms with E-state index in [-0.39, 0.29) is 12.1 Å². The summed E-state index contributed by atoms with van der Waals surface area (Å²) in [7, 11) is -0.885. The van der Waals surface area contributed by atoms with Crippen LogP contribution >= 0.6 is 0 Å². The second-order valence-corrected chi connectivity index (χ2v) is 9.40. The number of amides is 1. The normalized spacial score (nSPS) is 18.5. The number of halogens is 4. The van der Waals surface area contributed by atoms with E-state index in [0.717, 1.165) is 12.1 Å². The van der Waals surface area contributed by atoms with E-state index in [4.69, 9.17) is 14.0 Å². The number of nitrogens with one attached hydrogen (secondary N) is 1. The van der Waals surface area contributed by atoms with Crippen LogP contribution in [0.2, 0.25) is 0 Å². The highest BCUT2D eigenvalue weighted by Gasteiger charge is 2.52. The topological polar surface area (TPSA) is 66.0 Å². The first kappa shape index (κ1) is 26.0.